The Morgan fingerprint density at radius 3 is 2.77 bits per heavy atom. The number of phenolic OH excluding ortho intramolecular Hbond substituents is 1. The van der Waals surface area contributed by atoms with Gasteiger partial charge in [-0.2, -0.15) is 0 Å². The van der Waals surface area contributed by atoms with Crippen molar-refractivity contribution in [2.45, 2.75) is 19.8 Å². The number of fused-ring (bicyclic) bond motifs is 1. The van der Waals surface area contributed by atoms with Gasteiger partial charge in [-0.3, -0.25) is 0 Å². The van der Waals surface area contributed by atoms with Crippen molar-refractivity contribution < 1.29 is 9.52 Å². The van der Waals surface area contributed by atoms with Crippen LogP contribution in [0.2, 0.25) is 0 Å². The number of rotatable bonds is 1. The van der Waals surface area contributed by atoms with Gasteiger partial charge in [-0.25, -0.2) is 0 Å². The van der Waals surface area contributed by atoms with E-state index in [1.54, 1.807) is 24.5 Å². The number of phenols is 1. The highest BCUT2D eigenvalue weighted by Crippen LogP contribution is 2.29. The summed E-state index contributed by atoms with van der Waals surface area (Å²) in [5.41, 5.74) is 1.98. The second kappa shape index (κ2) is 2.80. The molecular formula is C11H12O2. The first-order chi connectivity index (χ1) is 6.18. The molecule has 1 N–H and O–H groups in total. The summed E-state index contributed by atoms with van der Waals surface area (Å²) >= 11 is 0. The molecule has 0 atom stereocenters. The zero-order valence-corrected chi connectivity index (χ0v) is 7.74. The van der Waals surface area contributed by atoms with Crippen LogP contribution in [0.4, 0.5) is 0 Å². The van der Waals surface area contributed by atoms with E-state index in [1.165, 1.54) is 0 Å². The van der Waals surface area contributed by atoms with Crippen molar-refractivity contribution in [3.05, 3.63) is 30.0 Å². The lowest BCUT2D eigenvalue weighted by atomic mass is 10.0. The van der Waals surface area contributed by atoms with Gasteiger partial charge in [0.15, 0.2) is 0 Å². The summed E-state index contributed by atoms with van der Waals surface area (Å²) in [4.78, 5) is 0. The topological polar surface area (TPSA) is 33.4 Å². The molecule has 0 bridgehead atoms. The van der Waals surface area contributed by atoms with Gasteiger partial charge in [-0.15, -0.1) is 0 Å². The normalized spacial score (nSPS) is 11.3. The highest BCUT2D eigenvalue weighted by molar-refractivity contribution is 5.82. The van der Waals surface area contributed by atoms with Crippen LogP contribution < -0.4 is 0 Å². The molecule has 0 amide bonds. The zero-order valence-electron chi connectivity index (χ0n) is 7.74. The molecule has 0 spiro atoms. The van der Waals surface area contributed by atoms with Crippen LogP contribution in [0.3, 0.4) is 0 Å². The molecule has 2 aromatic rings. The molecular weight excluding hydrogens is 164 g/mol. The fourth-order valence-electron chi connectivity index (χ4n) is 1.48. The van der Waals surface area contributed by atoms with Gasteiger partial charge in [0.1, 0.15) is 11.3 Å². The third-order valence-corrected chi connectivity index (χ3v) is 2.21. The van der Waals surface area contributed by atoms with Crippen molar-refractivity contribution in [1.82, 2.24) is 0 Å². The van der Waals surface area contributed by atoms with E-state index in [4.69, 9.17) is 4.42 Å². The smallest absolute Gasteiger partial charge is 0.134 e. The van der Waals surface area contributed by atoms with E-state index in [0.717, 1.165) is 16.5 Å². The van der Waals surface area contributed by atoms with Gasteiger partial charge in [0.05, 0.1) is 6.26 Å². The lowest BCUT2D eigenvalue weighted by Gasteiger charge is -2.00. The SMILES string of the molecule is CC(C)c1coc2ccc(O)cc12. The summed E-state index contributed by atoms with van der Waals surface area (Å²) in [5.74, 6) is 0.707. The number of furan rings is 1. The molecule has 1 aromatic heterocycles. The van der Waals surface area contributed by atoms with Gasteiger partial charge < -0.3 is 9.52 Å². The standard InChI is InChI=1S/C11H12O2/c1-7(2)10-6-13-11-4-3-8(12)5-9(10)11/h3-7,12H,1-2H3. The van der Waals surface area contributed by atoms with Crippen LogP contribution in [-0.4, -0.2) is 5.11 Å². The summed E-state index contributed by atoms with van der Waals surface area (Å²) < 4.78 is 5.35. The quantitative estimate of drug-likeness (QED) is 0.723. The Labute approximate surface area is 76.8 Å². The molecule has 0 saturated heterocycles. The first kappa shape index (κ1) is 8.17. The third-order valence-electron chi connectivity index (χ3n) is 2.21. The van der Waals surface area contributed by atoms with Gasteiger partial charge in [0.2, 0.25) is 0 Å². The minimum atomic E-state index is 0.288. The van der Waals surface area contributed by atoms with Gasteiger partial charge in [0.25, 0.3) is 0 Å². The average Bonchev–Trinajstić information content (AvgIpc) is 2.46. The van der Waals surface area contributed by atoms with Gasteiger partial charge in [-0.1, -0.05) is 13.8 Å². The van der Waals surface area contributed by atoms with Crippen LogP contribution in [0, 0.1) is 0 Å². The van der Waals surface area contributed by atoms with E-state index >= 15 is 0 Å². The molecule has 2 heteroatoms. The molecule has 0 fully saturated rings. The van der Waals surface area contributed by atoms with Crippen LogP contribution in [0.5, 0.6) is 5.75 Å². The molecule has 1 aromatic carbocycles. The first-order valence-electron chi connectivity index (χ1n) is 4.38. The molecule has 0 aliphatic rings. The van der Waals surface area contributed by atoms with Gasteiger partial charge in [0, 0.05) is 10.9 Å². The molecule has 13 heavy (non-hydrogen) atoms. The Bertz CT molecular complexity index is 427. The molecule has 2 nitrogen and oxygen atoms in total. The summed E-state index contributed by atoms with van der Waals surface area (Å²) in [7, 11) is 0. The second-order valence-electron chi connectivity index (χ2n) is 3.53. The predicted octanol–water partition coefficient (Wildman–Crippen LogP) is 3.26. The maximum atomic E-state index is 9.31. The Hall–Kier alpha value is -1.44. The van der Waals surface area contributed by atoms with E-state index in [1.807, 2.05) is 0 Å². The van der Waals surface area contributed by atoms with Crippen molar-refractivity contribution >= 4 is 11.0 Å². The monoisotopic (exact) mass is 176 g/mol. The van der Waals surface area contributed by atoms with Crippen LogP contribution in [0.1, 0.15) is 25.3 Å². The Morgan fingerprint density at radius 1 is 1.31 bits per heavy atom. The lowest BCUT2D eigenvalue weighted by molar-refractivity contribution is 0.476. The molecule has 0 aliphatic heterocycles. The molecule has 1 heterocycles. The average molecular weight is 176 g/mol. The van der Waals surface area contributed by atoms with Crippen LogP contribution in [0.15, 0.2) is 28.9 Å². The molecule has 68 valence electrons. The van der Waals surface area contributed by atoms with Crippen LogP contribution >= 0.6 is 0 Å². The van der Waals surface area contributed by atoms with Crippen molar-refractivity contribution in [2.24, 2.45) is 0 Å². The minimum Gasteiger partial charge on any atom is -0.508 e. The highest BCUT2D eigenvalue weighted by Gasteiger charge is 2.08. The molecule has 0 saturated carbocycles. The summed E-state index contributed by atoms with van der Waals surface area (Å²) in [6.45, 7) is 4.21. The van der Waals surface area contributed by atoms with E-state index in [9.17, 15) is 5.11 Å². The Morgan fingerprint density at radius 2 is 2.08 bits per heavy atom. The van der Waals surface area contributed by atoms with Gasteiger partial charge in [-0.05, 0) is 24.1 Å². The summed E-state index contributed by atoms with van der Waals surface area (Å²) in [6.07, 6.45) is 1.76. The molecule has 2 rings (SSSR count). The minimum absolute atomic E-state index is 0.288. The number of hydrogen-bond acceptors (Lipinski definition) is 2. The van der Waals surface area contributed by atoms with E-state index in [0.29, 0.717) is 5.92 Å². The zero-order chi connectivity index (χ0) is 9.42. The maximum absolute atomic E-state index is 9.31. The Kier molecular flexibility index (Phi) is 1.76. The number of benzene rings is 1. The largest absolute Gasteiger partial charge is 0.508 e. The Balaban J connectivity index is 2.71. The lowest BCUT2D eigenvalue weighted by Crippen LogP contribution is -1.82. The van der Waals surface area contributed by atoms with Gasteiger partial charge >= 0.3 is 0 Å². The van der Waals surface area contributed by atoms with E-state index < -0.39 is 0 Å². The predicted molar refractivity (Wildman–Crippen MR) is 52.0 cm³/mol. The fraction of sp³-hybridized carbons (Fsp3) is 0.273. The van der Waals surface area contributed by atoms with Crippen molar-refractivity contribution in [3.63, 3.8) is 0 Å². The molecule has 0 aliphatic carbocycles. The second-order valence-corrected chi connectivity index (χ2v) is 3.53. The molecule has 0 unspecified atom stereocenters. The molecule has 0 radical (unpaired) electrons. The van der Waals surface area contributed by atoms with Crippen LogP contribution in [0.25, 0.3) is 11.0 Å². The van der Waals surface area contributed by atoms with E-state index in [2.05, 4.69) is 13.8 Å². The number of aromatic hydroxyl groups is 1. The van der Waals surface area contributed by atoms with Crippen molar-refractivity contribution in [3.8, 4) is 5.75 Å². The third kappa shape index (κ3) is 1.28. The highest BCUT2D eigenvalue weighted by atomic mass is 16.3. The van der Waals surface area contributed by atoms with Crippen molar-refractivity contribution in [1.29, 1.82) is 0 Å². The first-order valence-corrected chi connectivity index (χ1v) is 4.38. The van der Waals surface area contributed by atoms with Crippen molar-refractivity contribution in [2.75, 3.05) is 0 Å². The maximum Gasteiger partial charge on any atom is 0.134 e. The van der Waals surface area contributed by atoms with E-state index in [-0.39, 0.29) is 5.75 Å². The van der Waals surface area contributed by atoms with Crippen LogP contribution in [-0.2, 0) is 0 Å². The summed E-state index contributed by atoms with van der Waals surface area (Å²) in [5, 5.41) is 10.3. The summed E-state index contributed by atoms with van der Waals surface area (Å²) in [6, 6.07) is 5.17. The fourth-order valence-corrected chi connectivity index (χ4v) is 1.48. The number of hydrogen-bond donors (Lipinski definition) is 1.